The van der Waals surface area contributed by atoms with E-state index < -0.39 is 5.91 Å². The van der Waals surface area contributed by atoms with E-state index >= 15 is 0 Å². The number of nitriles is 1. The largest absolute Gasteiger partial charge is 0.508 e. The quantitative estimate of drug-likeness (QED) is 0.390. The summed E-state index contributed by atoms with van der Waals surface area (Å²) in [4.78, 5) is 27.1. The Morgan fingerprint density at radius 1 is 1.16 bits per heavy atom. The Morgan fingerprint density at radius 2 is 1.88 bits per heavy atom. The van der Waals surface area contributed by atoms with Gasteiger partial charge in [0.25, 0.3) is 11.5 Å². The molecule has 3 rings (SSSR count). The fraction of sp³-hybridized carbons (Fsp3) is 0. The maximum absolute atomic E-state index is 12.2. The smallest absolute Gasteiger partial charge is 0.266 e. The molecule has 0 atom stereocenters. The summed E-state index contributed by atoms with van der Waals surface area (Å²) in [5.41, 5.74) is 0.738. The van der Waals surface area contributed by atoms with Gasteiger partial charge in [-0.2, -0.15) is 5.26 Å². The van der Waals surface area contributed by atoms with Crippen molar-refractivity contribution in [3.8, 4) is 11.8 Å². The average Bonchev–Trinajstić information content (AvgIpc) is 2.61. The van der Waals surface area contributed by atoms with Gasteiger partial charge in [-0.1, -0.05) is 18.2 Å². The third kappa shape index (κ3) is 3.57. The van der Waals surface area contributed by atoms with E-state index in [1.54, 1.807) is 24.3 Å². The number of phenolic OH excluding ortho intramolecular Hbond substituents is 1. The van der Waals surface area contributed by atoms with Crippen molar-refractivity contribution in [3.63, 3.8) is 0 Å². The minimum absolute atomic E-state index is 0.0664. The van der Waals surface area contributed by atoms with Crippen LogP contribution in [-0.4, -0.2) is 16.0 Å². The number of para-hydroxylation sites is 1. The van der Waals surface area contributed by atoms with Crippen LogP contribution in [0, 0.1) is 11.3 Å². The molecule has 122 valence electrons. The fourth-order valence-electron chi connectivity index (χ4n) is 2.32. The molecule has 0 aliphatic carbocycles. The van der Waals surface area contributed by atoms with Gasteiger partial charge in [0.05, 0.1) is 0 Å². The van der Waals surface area contributed by atoms with Crippen molar-refractivity contribution in [2.75, 3.05) is 5.32 Å². The zero-order valence-corrected chi connectivity index (χ0v) is 13.0. The highest BCUT2D eigenvalue weighted by Crippen LogP contribution is 2.16. The van der Waals surface area contributed by atoms with Crippen LogP contribution in [0.25, 0.3) is 17.0 Å². The van der Waals surface area contributed by atoms with Gasteiger partial charge in [0, 0.05) is 16.8 Å². The monoisotopic (exact) mass is 331 g/mol. The maximum Gasteiger partial charge on any atom is 0.266 e. The Kier molecular flexibility index (Phi) is 4.31. The van der Waals surface area contributed by atoms with Crippen LogP contribution in [0.2, 0.25) is 0 Å². The summed E-state index contributed by atoms with van der Waals surface area (Å²) in [6.07, 6.45) is 1.25. The van der Waals surface area contributed by atoms with Crippen molar-refractivity contribution < 1.29 is 9.90 Å². The first-order valence-electron chi connectivity index (χ1n) is 7.41. The molecule has 2 aromatic carbocycles. The number of benzene rings is 2. The predicted molar refractivity (Wildman–Crippen MR) is 94.9 cm³/mol. The number of rotatable bonds is 3. The number of hydrogen-bond acceptors (Lipinski definition) is 4. The number of hydrogen-bond donors (Lipinski definition) is 3. The molecule has 6 nitrogen and oxygen atoms in total. The molecule has 0 aliphatic heterocycles. The van der Waals surface area contributed by atoms with Gasteiger partial charge < -0.3 is 15.4 Å². The van der Waals surface area contributed by atoms with Crippen LogP contribution in [0.15, 0.2) is 65.0 Å². The number of anilines is 1. The first kappa shape index (κ1) is 16.0. The summed E-state index contributed by atoms with van der Waals surface area (Å²) < 4.78 is 0. The van der Waals surface area contributed by atoms with Gasteiger partial charge in [-0.3, -0.25) is 9.59 Å². The topological polar surface area (TPSA) is 106 Å². The normalized spacial score (nSPS) is 11.1. The molecule has 0 radical (unpaired) electrons. The number of pyridine rings is 1. The molecule has 0 aliphatic rings. The molecule has 3 aromatic rings. The predicted octanol–water partition coefficient (Wildman–Crippen LogP) is 2.78. The number of nitrogens with one attached hydrogen (secondary N) is 2. The molecule has 1 amide bonds. The van der Waals surface area contributed by atoms with Gasteiger partial charge in [-0.15, -0.1) is 0 Å². The summed E-state index contributed by atoms with van der Waals surface area (Å²) in [7, 11) is 0. The second-order valence-electron chi connectivity index (χ2n) is 5.31. The molecule has 25 heavy (non-hydrogen) atoms. The van der Waals surface area contributed by atoms with Gasteiger partial charge in [0.15, 0.2) is 0 Å². The zero-order chi connectivity index (χ0) is 17.8. The Bertz CT molecular complexity index is 1070. The number of carbonyl (C=O) groups is 1. The van der Waals surface area contributed by atoms with Gasteiger partial charge in [0.2, 0.25) is 0 Å². The van der Waals surface area contributed by atoms with Crippen molar-refractivity contribution in [3.05, 3.63) is 76.1 Å². The maximum atomic E-state index is 12.2. The van der Waals surface area contributed by atoms with E-state index in [0.29, 0.717) is 11.2 Å². The van der Waals surface area contributed by atoms with Crippen LogP contribution in [0.3, 0.4) is 0 Å². The SMILES string of the molecule is N#C/C(=C\c1cc2ccccc2[nH]c1=O)C(=O)Nc1ccc(O)cc1. The van der Waals surface area contributed by atoms with Gasteiger partial charge in [-0.05, 0) is 47.9 Å². The molecule has 0 bridgehead atoms. The van der Waals surface area contributed by atoms with Crippen LogP contribution in [0.4, 0.5) is 5.69 Å². The summed E-state index contributed by atoms with van der Waals surface area (Å²) in [5, 5.41) is 21.8. The van der Waals surface area contributed by atoms with Gasteiger partial charge in [0.1, 0.15) is 17.4 Å². The summed E-state index contributed by atoms with van der Waals surface area (Å²) >= 11 is 0. The van der Waals surface area contributed by atoms with E-state index in [4.69, 9.17) is 0 Å². The molecule has 0 spiro atoms. The van der Waals surface area contributed by atoms with Gasteiger partial charge in [-0.25, -0.2) is 0 Å². The zero-order valence-electron chi connectivity index (χ0n) is 13.0. The standard InChI is InChI=1S/C19H13N3O3/c20-11-14(19(25)21-15-5-7-16(23)8-6-15)10-13-9-12-3-1-2-4-17(12)22-18(13)24/h1-10,23H,(H,21,25)(H,22,24)/b14-10+. The number of fused-ring (bicyclic) bond motifs is 1. The number of aromatic amines is 1. The van der Waals surface area contributed by atoms with Gasteiger partial charge >= 0.3 is 0 Å². The second-order valence-corrected chi connectivity index (χ2v) is 5.31. The lowest BCUT2D eigenvalue weighted by molar-refractivity contribution is -0.112. The molecule has 0 fully saturated rings. The van der Waals surface area contributed by atoms with Crippen molar-refractivity contribution in [1.82, 2.24) is 4.98 Å². The Hall–Kier alpha value is -3.85. The van der Waals surface area contributed by atoms with Crippen molar-refractivity contribution in [2.45, 2.75) is 0 Å². The molecular weight excluding hydrogens is 318 g/mol. The molecule has 3 N–H and O–H groups in total. The number of phenols is 1. The fourth-order valence-corrected chi connectivity index (χ4v) is 2.32. The average molecular weight is 331 g/mol. The number of aromatic hydroxyl groups is 1. The highest BCUT2D eigenvalue weighted by Gasteiger charge is 2.11. The Morgan fingerprint density at radius 3 is 2.60 bits per heavy atom. The van der Waals surface area contributed by atoms with Crippen LogP contribution in [-0.2, 0) is 4.79 Å². The van der Waals surface area contributed by atoms with E-state index in [2.05, 4.69) is 10.3 Å². The van der Waals surface area contributed by atoms with Crippen LogP contribution in [0.1, 0.15) is 5.56 Å². The third-order valence-corrected chi connectivity index (χ3v) is 3.57. The minimum Gasteiger partial charge on any atom is -0.508 e. The molecule has 0 saturated heterocycles. The molecule has 0 saturated carbocycles. The summed E-state index contributed by atoms with van der Waals surface area (Å²) in [5.74, 6) is -0.572. The highest BCUT2D eigenvalue weighted by atomic mass is 16.3. The number of H-pyrrole nitrogens is 1. The van der Waals surface area contributed by atoms with E-state index in [-0.39, 0.29) is 22.4 Å². The number of carbonyl (C=O) groups excluding carboxylic acids is 1. The first-order valence-corrected chi connectivity index (χ1v) is 7.41. The Labute approximate surface area is 142 Å². The lowest BCUT2D eigenvalue weighted by atomic mass is 10.1. The van der Waals surface area contributed by atoms with Crippen LogP contribution >= 0.6 is 0 Å². The summed E-state index contributed by atoms with van der Waals surface area (Å²) in [6, 6.07) is 16.5. The third-order valence-electron chi connectivity index (χ3n) is 3.57. The first-order chi connectivity index (χ1) is 12.1. The van der Waals surface area contributed by atoms with E-state index in [9.17, 15) is 20.0 Å². The molecule has 1 heterocycles. The minimum atomic E-state index is -0.638. The van der Waals surface area contributed by atoms with E-state index in [0.717, 1.165) is 5.39 Å². The van der Waals surface area contributed by atoms with E-state index in [1.807, 2.05) is 12.1 Å². The highest BCUT2D eigenvalue weighted by molar-refractivity contribution is 6.09. The number of amides is 1. The van der Waals surface area contributed by atoms with Crippen molar-refractivity contribution >= 4 is 28.6 Å². The number of nitrogens with zero attached hydrogens (tertiary/aromatic N) is 1. The second kappa shape index (κ2) is 6.72. The Balaban J connectivity index is 1.93. The molecule has 0 unspecified atom stereocenters. The summed E-state index contributed by atoms with van der Waals surface area (Å²) in [6.45, 7) is 0. The van der Waals surface area contributed by atoms with Crippen LogP contribution in [0.5, 0.6) is 5.75 Å². The molecular formula is C19H13N3O3. The lowest BCUT2D eigenvalue weighted by Gasteiger charge is -2.04. The molecule has 6 heteroatoms. The van der Waals surface area contributed by atoms with Crippen molar-refractivity contribution in [2.24, 2.45) is 0 Å². The molecule has 1 aromatic heterocycles. The number of aromatic nitrogens is 1. The van der Waals surface area contributed by atoms with E-state index in [1.165, 1.54) is 30.3 Å². The van der Waals surface area contributed by atoms with Crippen molar-refractivity contribution in [1.29, 1.82) is 5.26 Å². The van der Waals surface area contributed by atoms with Crippen LogP contribution < -0.4 is 10.9 Å². The lowest BCUT2D eigenvalue weighted by Crippen LogP contribution is -2.15.